The van der Waals surface area contributed by atoms with Crippen molar-refractivity contribution in [2.75, 3.05) is 46.0 Å². The molecular formula is C19H38IN5O3S. The van der Waals surface area contributed by atoms with Gasteiger partial charge >= 0.3 is 0 Å². The molecule has 8 nitrogen and oxygen atoms in total. The van der Waals surface area contributed by atoms with Gasteiger partial charge in [-0.25, -0.2) is 12.7 Å². The van der Waals surface area contributed by atoms with E-state index in [4.69, 9.17) is 4.99 Å². The zero-order valence-electron chi connectivity index (χ0n) is 18.2. The first kappa shape index (κ1) is 26.4. The number of amides is 1. The average Bonchev–Trinajstić information content (AvgIpc) is 3.16. The molecule has 0 aromatic rings. The van der Waals surface area contributed by atoms with Crippen LogP contribution in [0.5, 0.6) is 0 Å². The van der Waals surface area contributed by atoms with Crippen LogP contribution in [0.15, 0.2) is 4.99 Å². The molecule has 0 atom stereocenters. The number of aliphatic imine (C=N–C) groups is 1. The van der Waals surface area contributed by atoms with Gasteiger partial charge in [-0.05, 0) is 39.5 Å². The molecule has 0 spiro atoms. The van der Waals surface area contributed by atoms with Gasteiger partial charge in [-0.3, -0.25) is 9.79 Å². The lowest BCUT2D eigenvalue weighted by atomic mass is 9.85. The van der Waals surface area contributed by atoms with Gasteiger partial charge in [0.25, 0.3) is 0 Å². The second-order valence-corrected chi connectivity index (χ2v) is 10.4. The fraction of sp³-hybridized carbons (Fsp3) is 0.895. The number of nitrogens with one attached hydrogen (secondary N) is 2. The summed E-state index contributed by atoms with van der Waals surface area (Å²) in [5, 5.41) is 6.72. The second-order valence-electron chi connectivity index (χ2n) is 8.10. The minimum absolute atomic E-state index is 0. The van der Waals surface area contributed by atoms with Gasteiger partial charge in [0, 0.05) is 39.8 Å². The molecule has 1 aliphatic carbocycles. The molecule has 1 heterocycles. The highest BCUT2D eigenvalue weighted by Gasteiger charge is 2.42. The Morgan fingerprint density at radius 3 is 2.24 bits per heavy atom. The number of nitrogens with zero attached hydrogens (tertiary/aromatic N) is 3. The van der Waals surface area contributed by atoms with E-state index in [1.54, 1.807) is 16.1 Å². The predicted octanol–water partition coefficient (Wildman–Crippen LogP) is 1.62. The lowest BCUT2D eigenvalue weighted by Crippen LogP contribution is -2.50. The number of hydrogen-bond donors (Lipinski definition) is 2. The zero-order valence-corrected chi connectivity index (χ0v) is 21.4. The Kier molecular flexibility index (Phi) is 10.6. The smallest absolute Gasteiger partial charge is 0.230 e. The second kappa shape index (κ2) is 11.7. The van der Waals surface area contributed by atoms with Gasteiger partial charge < -0.3 is 15.5 Å². The molecule has 1 aliphatic heterocycles. The monoisotopic (exact) mass is 543 g/mol. The summed E-state index contributed by atoms with van der Waals surface area (Å²) in [5.41, 5.74) is -0.385. The minimum Gasteiger partial charge on any atom is -0.357 e. The van der Waals surface area contributed by atoms with Crippen LogP contribution in [0.3, 0.4) is 0 Å². The number of piperidine rings is 1. The molecule has 29 heavy (non-hydrogen) atoms. The number of rotatable bonds is 7. The predicted molar refractivity (Wildman–Crippen MR) is 128 cm³/mol. The van der Waals surface area contributed by atoms with Crippen molar-refractivity contribution in [2.24, 2.45) is 10.4 Å². The number of hydrogen-bond acceptors (Lipinski definition) is 4. The molecule has 0 aromatic carbocycles. The molecule has 0 aromatic heterocycles. The highest BCUT2D eigenvalue weighted by atomic mass is 127. The summed E-state index contributed by atoms with van der Waals surface area (Å²) in [6.07, 6.45) is 5.43. The Hall–Kier alpha value is -0.620. The van der Waals surface area contributed by atoms with Crippen molar-refractivity contribution in [3.8, 4) is 0 Å². The standard InChI is InChI=1S/C19H37N5O3S.HI/c1-5-20-18(21-15-19(11-7-8-12-19)17(25)23(3)4)22-16-9-13-24(14-10-16)28(26,27)6-2;/h16H,5-15H2,1-4H3,(H2,20,21,22);1H. The fourth-order valence-electron chi connectivity index (χ4n) is 4.17. The minimum atomic E-state index is -3.11. The van der Waals surface area contributed by atoms with E-state index >= 15 is 0 Å². The largest absolute Gasteiger partial charge is 0.357 e. The third kappa shape index (κ3) is 6.95. The first-order valence-electron chi connectivity index (χ1n) is 10.5. The maximum Gasteiger partial charge on any atom is 0.230 e. The maximum absolute atomic E-state index is 12.7. The van der Waals surface area contributed by atoms with Crippen molar-refractivity contribution in [3.05, 3.63) is 0 Å². The molecule has 0 radical (unpaired) electrons. The van der Waals surface area contributed by atoms with E-state index < -0.39 is 10.0 Å². The van der Waals surface area contributed by atoms with Crippen molar-refractivity contribution >= 4 is 45.9 Å². The Balaban J connectivity index is 0.00000420. The number of guanidine groups is 1. The van der Waals surface area contributed by atoms with Crippen molar-refractivity contribution in [2.45, 2.75) is 58.4 Å². The Labute approximate surface area is 193 Å². The SMILES string of the molecule is CCNC(=NCC1(C(=O)N(C)C)CCCC1)NC1CCN(S(=O)(=O)CC)CC1.I. The van der Waals surface area contributed by atoms with E-state index in [1.165, 1.54) is 0 Å². The van der Waals surface area contributed by atoms with Crippen LogP contribution in [0.25, 0.3) is 0 Å². The summed E-state index contributed by atoms with van der Waals surface area (Å²) >= 11 is 0. The average molecular weight is 544 g/mol. The van der Waals surface area contributed by atoms with E-state index in [0.717, 1.165) is 51.0 Å². The zero-order chi connectivity index (χ0) is 20.8. The third-order valence-corrected chi connectivity index (χ3v) is 7.74. The van der Waals surface area contributed by atoms with E-state index in [9.17, 15) is 13.2 Å². The number of carbonyl (C=O) groups is 1. The molecule has 170 valence electrons. The first-order valence-corrected chi connectivity index (χ1v) is 12.1. The van der Waals surface area contributed by atoms with Crippen molar-refractivity contribution < 1.29 is 13.2 Å². The van der Waals surface area contributed by atoms with E-state index in [2.05, 4.69) is 10.6 Å². The van der Waals surface area contributed by atoms with E-state index in [1.807, 2.05) is 21.0 Å². The molecular weight excluding hydrogens is 505 g/mol. The summed E-state index contributed by atoms with van der Waals surface area (Å²) in [6.45, 7) is 6.01. The van der Waals surface area contributed by atoms with Crippen molar-refractivity contribution in [1.29, 1.82) is 0 Å². The molecule has 0 bridgehead atoms. The fourth-order valence-corrected chi connectivity index (χ4v) is 5.30. The summed E-state index contributed by atoms with van der Waals surface area (Å²) in [7, 11) is 0.513. The van der Waals surface area contributed by atoms with Crippen LogP contribution in [-0.2, 0) is 14.8 Å². The number of carbonyl (C=O) groups excluding carboxylic acids is 1. The third-order valence-electron chi connectivity index (χ3n) is 5.86. The first-order chi connectivity index (χ1) is 13.2. The Bertz CT molecular complexity index is 655. The van der Waals surface area contributed by atoms with Crippen LogP contribution in [0.1, 0.15) is 52.4 Å². The van der Waals surface area contributed by atoms with Crippen LogP contribution < -0.4 is 10.6 Å². The van der Waals surface area contributed by atoms with Crippen LogP contribution >= 0.6 is 24.0 Å². The van der Waals surface area contributed by atoms with Gasteiger partial charge in [0.2, 0.25) is 15.9 Å². The highest BCUT2D eigenvalue weighted by Crippen LogP contribution is 2.39. The van der Waals surface area contributed by atoms with Gasteiger partial charge in [-0.2, -0.15) is 0 Å². The Morgan fingerprint density at radius 2 is 1.76 bits per heavy atom. The van der Waals surface area contributed by atoms with Crippen LogP contribution in [0, 0.1) is 5.41 Å². The molecule has 2 N–H and O–H groups in total. The molecule has 2 fully saturated rings. The summed E-state index contributed by atoms with van der Waals surface area (Å²) in [6, 6.07) is 0.185. The van der Waals surface area contributed by atoms with Crippen LogP contribution in [0.2, 0.25) is 0 Å². The topological polar surface area (TPSA) is 94.1 Å². The summed E-state index contributed by atoms with van der Waals surface area (Å²) in [5.74, 6) is 1.04. The maximum atomic E-state index is 12.7. The van der Waals surface area contributed by atoms with Gasteiger partial charge in [-0.1, -0.05) is 12.8 Å². The molecule has 0 unspecified atom stereocenters. The van der Waals surface area contributed by atoms with Crippen molar-refractivity contribution in [1.82, 2.24) is 19.8 Å². The summed E-state index contributed by atoms with van der Waals surface area (Å²) in [4.78, 5) is 19.2. The van der Waals surface area contributed by atoms with Gasteiger partial charge in [-0.15, -0.1) is 24.0 Å². The van der Waals surface area contributed by atoms with Crippen LogP contribution in [-0.4, -0.2) is 81.6 Å². The van der Waals surface area contributed by atoms with Crippen LogP contribution in [0.4, 0.5) is 0 Å². The summed E-state index contributed by atoms with van der Waals surface area (Å²) < 4.78 is 25.6. The molecule has 2 aliphatic rings. The lowest BCUT2D eigenvalue weighted by molar-refractivity contribution is -0.138. The Morgan fingerprint density at radius 1 is 1.17 bits per heavy atom. The molecule has 10 heteroatoms. The quantitative estimate of drug-likeness (QED) is 0.289. The highest BCUT2D eigenvalue weighted by molar-refractivity contribution is 14.0. The van der Waals surface area contributed by atoms with E-state index in [0.29, 0.717) is 19.6 Å². The normalized spacial score (nSPS) is 20.8. The van der Waals surface area contributed by atoms with Gasteiger partial charge in [0.05, 0.1) is 17.7 Å². The number of halogens is 1. The van der Waals surface area contributed by atoms with Gasteiger partial charge in [0.1, 0.15) is 0 Å². The van der Waals surface area contributed by atoms with Crippen molar-refractivity contribution in [3.63, 3.8) is 0 Å². The number of sulfonamides is 1. The molecule has 2 rings (SSSR count). The lowest BCUT2D eigenvalue weighted by Gasteiger charge is -2.33. The molecule has 1 saturated heterocycles. The van der Waals surface area contributed by atoms with Gasteiger partial charge in [0.15, 0.2) is 5.96 Å². The van der Waals surface area contributed by atoms with E-state index in [-0.39, 0.29) is 47.1 Å². The molecule has 1 amide bonds. The molecule has 1 saturated carbocycles.